The highest BCUT2D eigenvalue weighted by Crippen LogP contribution is 2.25. The minimum atomic E-state index is -0.687. The minimum absolute atomic E-state index is 0.310. The summed E-state index contributed by atoms with van der Waals surface area (Å²) in [5.74, 6) is -1.36. The Hall–Kier alpha value is -3.44. The van der Waals surface area contributed by atoms with E-state index in [2.05, 4.69) is 5.43 Å². The van der Waals surface area contributed by atoms with Crippen LogP contribution in [0.15, 0.2) is 78.9 Å². The second-order valence-electron chi connectivity index (χ2n) is 6.42. The summed E-state index contributed by atoms with van der Waals surface area (Å²) in [4.78, 5) is 25.5. The highest BCUT2D eigenvalue weighted by molar-refractivity contribution is 6.07. The number of hydrogen-bond donors (Lipinski definition) is 1. The highest BCUT2D eigenvalue weighted by Gasteiger charge is 2.20. The van der Waals surface area contributed by atoms with Gasteiger partial charge in [0.25, 0.3) is 0 Å². The van der Waals surface area contributed by atoms with Crippen LogP contribution in [0.2, 0.25) is 0 Å². The molecule has 3 rings (SSSR count). The van der Waals surface area contributed by atoms with E-state index in [1.807, 2.05) is 67.4 Å². The number of para-hydroxylation sites is 1. The fraction of sp³-hybridized carbons (Fsp3) is 0.167. The first kappa shape index (κ1) is 20.3. The summed E-state index contributed by atoms with van der Waals surface area (Å²) < 4.78 is 5.24. The average Bonchev–Trinajstić information content (AvgIpc) is 2.78. The number of carbonyl (C=O) groups excluding carboxylic acids is 2. The molecule has 0 aromatic heterocycles. The van der Waals surface area contributed by atoms with E-state index in [0.29, 0.717) is 16.8 Å². The third-order valence-electron chi connectivity index (χ3n) is 4.61. The van der Waals surface area contributed by atoms with Gasteiger partial charge in [-0.15, -0.1) is 0 Å². The van der Waals surface area contributed by atoms with E-state index >= 15 is 0 Å². The maximum absolute atomic E-state index is 12.8. The van der Waals surface area contributed by atoms with Gasteiger partial charge in [-0.05, 0) is 29.3 Å². The Morgan fingerprint density at radius 1 is 0.759 bits per heavy atom. The van der Waals surface area contributed by atoms with Crippen molar-refractivity contribution in [3.05, 3.63) is 90.0 Å². The van der Waals surface area contributed by atoms with Crippen LogP contribution in [0.25, 0.3) is 11.1 Å². The lowest BCUT2D eigenvalue weighted by Crippen LogP contribution is -2.30. The van der Waals surface area contributed by atoms with E-state index in [0.717, 1.165) is 24.2 Å². The summed E-state index contributed by atoms with van der Waals surface area (Å²) in [5, 5.41) is 1.96. The third kappa shape index (κ3) is 4.89. The Balaban J connectivity index is 1.84. The molecule has 0 aliphatic heterocycles. The Labute approximate surface area is 170 Å². The van der Waals surface area contributed by atoms with Crippen LogP contribution in [0.3, 0.4) is 0 Å². The molecule has 0 radical (unpaired) electrons. The monoisotopic (exact) mass is 388 g/mol. The summed E-state index contributed by atoms with van der Waals surface area (Å²) in [6, 6.07) is 23.7. The van der Waals surface area contributed by atoms with Gasteiger partial charge in [0, 0.05) is 13.1 Å². The molecule has 0 saturated heterocycles. The Kier molecular flexibility index (Phi) is 6.76. The van der Waals surface area contributed by atoms with Crippen LogP contribution < -0.4 is 5.43 Å². The SMILES string of the molecule is CCN(CC)Nc1ccccc1C(=O)OC(=O)c1ccccc1-c1ccccc1. The van der Waals surface area contributed by atoms with Gasteiger partial charge in [0.2, 0.25) is 0 Å². The molecule has 0 fully saturated rings. The van der Waals surface area contributed by atoms with Crippen molar-refractivity contribution >= 4 is 17.6 Å². The number of benzene rings is 3. The molecular formula is C24H24N2O3. The molecule has 0 saturated carbocycles. The van der Waals surface area contributed by atoms with Crippen molar-refractivity contribution < 1.29 is 14.3 Å². The Morgan fingerprint density at radius 3 is 2.00 bits per heavy atom. The van der Waals surface area contributed by atoms with Gasteiger partial charge in [0.15, 0.2) is 0 Å². The van der Waals surface area contributed by atoms with Crippen molar-refractivity contribution in [2.24, 2.45) is 0 Å². The highest BCUT2D eigenvalue weighted by atomic mass is 16.6. The number of hydrazine groups is 1. The van der Waals surface area contributed by atoms with Crippen LogP contribution in [0.1, 0.15) is 34.6 Å². The van der Waals surface area contributed by atoms with Crippen molar-refractivity contribution in [3.63, 3.8) is 0 Å². The van der Waals surface area contributed by atoms with E-state index in [1.165, 1.54) is 0 Å². The molecule has 1 N–H and O–H groups in total. The van der Waals surface area contributed by atoms with Crippen molar-refractivity contribution in [2.45, 2.75) is 13.8 Å². The number of anilines is 1. The van der Waals surface area contributed by atoms with Crippen LogP contribution in [-0.2, 0) is 4.74 Å². The van der Waals surface area contributed by atoms with Gasteiger partial charge in [0.1, 0.15) is 0 Å². The van der Waals surface area contributed by atoms with Gasteiger partial charge in [-0.1, -0.05) is 74.5 Å². The first-order chi connectivity index (χ1) is 14.1. The number of carbonyl (C=O) groups is 2. The summed E-state index contributed by atoms with van der Waals surface area (Å²) in [7, 11) is 0. The van der Waals surface area contributed by atoms with Crippen LogP contribution in [-0.4, -0.2) is 30.0 Å². The molecule has 0 spiro atoms. The maximum atomic E-state index is 12.8. The number of ether oxygens (including phenoxy) is 1. The zero-order valence-electron chi connectivity index (χ0n) is 16.6. The number of rotatable bonds is 7. The van der Waals surface area contributed by atoms with Crippen molar-refractivity contribution in [3.8, 4) is 11.1 Å². The molecule has 5 heteroatoms. The van der Waals surface area contributed by atoms with Crippen LogP contribution in [0, 0.1) is 0 Å². The van der Waals surface area contributed by atoms with E-state index in [4.69, 9.17) is 4.74 Å². The van der Waals surface area contributed by atoms with Gasteiger partial charge in [-0.2, -0.15) is 0 Å². The number of esters is 2. The molecule has 0 bridgehead atoms. The Bertz CT molecular complexity index is 982. The summed E-state index contributed by atoms with van der Waals surface area (Å²) >= 11 is 0. The van der Waals surface area contributed by atoms with Crippen molar-refractivity contribution in [1.82, 2.24) is 5.01 Å². The smallest absolute Gasteiger partial charge is 0.348 e. The number of nitrogens with zero attached hydrogens (tertiary/aromatic N) is 1. The minimum Gasteiger partial charge on any atom is -0.386 e. The standard InChI is InChI=1S/C24H24N2O3/c1-3-26(4-2)25-22-17-11-10-16-21(22)24(28)29-23(27)20-15-9-8-14-19(20)18-12-6-5-7-13-18/h5-17,25H,3-4H2,1-2H3. The van der Waals surface area contributed by atoms with Gasteiger partial charge >= 0.3 is 11.9 Å². The second kappa shape index (κ2) is 9.66. The zero-order chi connectivity index (χ0) is 20.6. The summed E-state index contributed by atoms with van der Waals surface area (Å²) in [6.07, 6.45) is 0. The molecule has 29 heavy (non-hydrogen) atoms. The second-order valence-corrected chi connectivity index (χ2v) is 6.42. The van der Waals surface area contributed by atoms with Gasteiger partial charge in [0.05, 0.1) is 16.8 Å². The largest absolute Gasteiger partial charge is 0.386 e. The lowest BCUT2D eigenvalue weighted by Gasteiger charge is -2.22. The van der Waals surface area contributed by atoms with Gasteiger partial charge in [-0.3, -0.25) is 0 Å². The average molecular weight is 388 g/mol. The summed E-state index contributed by atoms with van der Waals surface area (Å²) in [6.45, 7) is 5.56. The normalized spacial score (nSPS) is 10.6. The third-order valence-corrected chi connectivity index (χ3v) is 4.61. The van der Waals surface area contributed by atoms with E-state index in [1.54, 1.807) is 30.3 Å². The molecule has 3 aromatic rings. The lowest BCUT2D eigenvalue weighted by atomic mass is 10.00. The Morgan fingerprint density at radius 2 is 1.31 bits per heavy atom. The van der Waals surface area contributed by atoms with Crippen LogP contribution in [0.4, 0.5) is 5.69 Å². The molecular weight excluding hydrogens is 364 g/mol. The predicted molar refractivity (Wildman–Crippen MR) is 115 cm³/mol. The molecule has 3 aromatic carbocycles. The van der Waals surface area contributed by atoms with E-state index < -0.39 is 11.9 Å². The molecule has 0 heterocycles. The molecule has 0 unspecified atom stereocenters. The van der Waals surface area contributed by atoms with Gasteiger partial charge in [-0.25, -0.2) is 14.6 Å². The summed E-state index contributed by atoms with van der Waals surface area (Å²) in [5.41, 5.74) is 6.07. The number of nitrogens with one attached hydrogen (secondary N) is 1. The first-order valence-corrected chi connectivity index (χ1v) is 9.65. The fourth-order valence-electron chi connectivity index (χ4n) is 3.04. The predicted octanol–water partition coefficient (Wildman–Crippen LogP) is 5.02. The van der Waals surface area contributed by atoms with Crippen LogP contribution >= 0.6 is 0 Å². The van der Waals surface area contributed by atoms with Crippen LogP contribution in [0.5, 0.6) is 0 Å². The van der Waals surface area contributed by atoms with Gasteiger partial charge < -0.3 is 10.2 Å². The first-order valence-electron chi connectivity index (χ1n) is 9.65. The quantitative estimate of drug-likeness (QED) is 0.350. The lowest BCUT2D eigenvalue weighted by molar-refractivity contribution is 0.0399. The molecule has 0 amide bonds. The number of hydrogen-bond acceptors (Lipinski definition) is 5. The zero-order valence-corrected chi connectivity index (χ0v) is 16.6. The molecule has 0 atom stereocenters. The fourth-order valence-corrected chi connectivity index (χ4v) is 3.04. The van der Waals surface area contributed by atoms with E-state index in [9.17, 15) is 9.59 Å². The topological polar surface area (TPSA) is 58.6 Å². The van der Waals surface area contributed by atoms with Crippen molar-refractivity contribution in [1.29, 1.82) is 0 Å². The van der Waals surface area contributed by atoms with Crippen molar-refractivity contribution in [2.75, 3.05) is 18.5 Å². The van der Waals surface area contributed by atoms with E-state index in [-0.39, 0.29) is 0 Å². The molecule has 5 nitrogen and oxygen atoms in total. The molecule has 148 valence electrons. The maximum Gasteiger partial charge on any atom is 0.348 e. The molecule has 0 aliphatic carbocycles. The molecule has 0 aliphatic rings.